The molecule has 0 amide bonds. The van der Waals surface area contributed by atoms with Gasteiger partial charge in [-0.1, -0.05) is 12.1 Å². The molecule has 0 saturated carbocycles. The van der Waals surface area contributed by atoms with Gasteiger partial charge < -0.3 is 10.1 Å². The summed E-state index contributed by atoms with van der Waals surface area (Å²) < 4.78 is 27.7. The topological polar surface area (TPSA) is 81.4 Å². The molecule has 0 aliphatic carbocycles. The van der Waals surface area contributed by atoms with Crippen LogP contribution < -0.4 is 10.5 Å². The van der Waals surface area contributed by atoms with Crippen LogP contribution in [-0.4, -0.2) is 28.2 Å². The van der Waals surface area contributed by atoms with E-state index in [0.29, 0.717) is 12.5 Å². The first-order valence-electron chi connectivity index (χ1n) is 5.96. The summed E-state index contributed by atoms with van der Waals surface area (Å²) in [5.41, 5.74) is 0.917. The molecule has 100 valence electrons. The lowest BCUT2D eigenvalue weighted by molar-refractivity contribution is 0.185. The van der Waals surface area contributed by atoms with Crippen LogP contribution in [-0.2, 0) is 21.3 Å². The maximum Gasteiger partial charge on any atom is 0.238 e. The summed E-state index contributed by atoms with van der Waals surface area (Å²) in [4.78, 5) is 0.158. The van der Waals surface area contributed by atoms with Crippen LogP contribution in [0.25, 0.3) is 0 Å². The molecule has 6 heteroatoms. The molecule has 0 aromatic heterocycles. The number of ether oxygens (including phenoxy) is 1. The van der Waals surface area contributed by atoms with E-state index in [4.69, 9.17) is 9.88 Å². The Labute approximate surface area is 107 Å². The van der Waals surface area contributed by atoms with E-state index in [-0.39, 0.29) is 4.90 Å². The smallest absolute Gasteiger partial charge is 0.238 e. The van der Waals surface area contributed by atoms with Gasteiger partial charge in [-0.05, 0) is 30.0 Å². The van der Waals surface area contributed by atoms with Crippen molar-refractivity contribution < 1.29 is 13.2 Å². The number of primary sulfonamides is 1. The average Bonchev–Trinajstić information content (AvgIpc) is 2.81. The molecule has 2 rings (SSSR count). The van der Waals surface area contributed by atoms with Gasteiger partial charge in [0.05, 0.1) is 11.5 Å². The zero-order chi connectivity index (χ0) is 13.0. The van der Waals surface area contributed by atoms with E-state index >= 15 is 0 Å². The fraction of sp³-hybridized carbons (Fsp3) is 0.500. The molecule has 1 saturated heterocycles. The van der Waals surface area contributed by atoms with Gasteiger partial charge in [0.15, 0.2) is 0 Å². The third-order valence-corrected chi connectivity index (χ3v) is 3.92. The van der Waals surface area contributed by atoms with E-state index < -0.39 is 10.0 Å². The summed E-state index contributed by atoms with van der Waals surface area (Å²) in [6, 6.07) is 6.69. The van der Waals surface area contributed by atoms with E-state index in [0.717, 1.165) is 31.7 Å². The van der Waals surface area contributed by atoms with Crippen LogP contribution in [0.4, 0.5) is 0 Å². The number of benzene rings is 1. The summed E-state index contributed by atoms with van der Waals surface area (Å²) >= 11 is 0. The molecule has 1 heterocycles. The highest BCUT2D eigenvalue weighted by atomic mass is 32.2. The summed E-state index contributed by atoms with van der Waals surface area (Å²) in [5.74, 6) is 0.562. The summed E-state index contributed by atoms with van der Waals surface area (Å²) in [5, 5.41) is 8.40. The Kier molecular flexibility index (Phi) is 4.34. The van der Waals surface area contributed by atoms with E-state index in [2.05, 4.69) is 5.32 Å². The van der Waals surface area contributed by atoms with Crippen LogP contribution in [0.1, 0.15) is 12.0 Å². The van der Waals surface area contributed by atoms with Crippen molar-refractivity contribution in [3.8, 4) is 0 Å². The van der Waals surface area contributed by atoms with E-state index in [1.165, 1.54) is 6.07 Å². The molecule has 1 aromatic carbocycles. The zero-order valence-corrected chi connectivity index (χ0v) is 10.9. The van der Waals surface area contributed by atoms with Gasteiger partial charge in [0, 0.05) is 19.7 Å². The Morgan fingerprint density at radius 2 is 2.28 bits per heavy atom. The highest BCUT2D eigenvalue weighted by molar-refractivity contribution is 7.89. The van der Waals surface area contributed by atoms with Gasteiger partial charge in [-0.3, -0.25) is 0 Å². The first-order valence-corrected chi connectivity index (χ1v) is 7.50. The number of sulfonamides is 1. The van der Waals surface area contributed by atoms with Crippen molar-refractivity contribution in [2.24, 2.45) is 11.1 Å². The minimum absolute atomic E-state index is 0.158. The molecule has 18 heavy (non-hydrogen) atoms. The molecule has 1 aliphatic heterocycles. The molecule has 1 aliphatic rings. The van der Waals surface area contributed by atoms with Gasteiger partial charge in [0.2, 0.25) is 10.0 Å². The molecule has 0 bridgehead atoms. The molecule has 0 spiro atoms. The summed E-state index contributed by atoms with van der Waals surface area (Å²) in [6.07, 6.45) is 1.09. The largest absolute Gasteiger partial charge is 0.381 e. The molecule has 5 nitrogen and oxygen atoms in total. The highest BCUT2D eigenvalue weighted by Crippen LogP contribution is 2.12. The Morgan fingerprint density at radius 3 is 2.94 bits per heavy atom. The van der Waals surface area contributed by atoms with E-state index in [1.54, 1.807) is 12.1 Å². The van der Waals surface area contributed by atoms with Crippen molar-refractivity contribution in [2.75, 3.05) is 19.8 Å². The number of nitrogens with two attached hydrogens (primary N) is 1. The number of rotatable bonds is 5. The monoisotopic (exact) mass is 270 g/mol. The van der Waals surface area contributed by atoms with Crippen molar-refractivity contribution >= 4 is 10.0 Å². The lowest BCUT2D eigenvalue weighted by atomic mass is 10.1. The molecule has 3 N–H and O–H groups in total. The highest BCUT2D eigenvalue weighted by Gasteiger charge is 2.14. The maximum absolute atomic E-state index is 11.2. The van der Waals surface area contributed by atoms with Crippen molar-refractivity contribution in [1.29, 1.82) is 0 Å². The van der Waals surface area contributed by atoms with Crippen LogP contribution in [0.15, 0.2) is 29.2 Å². The summed E-state index contributed by atoms with van der Waals surface area (Å²) in [6.45, 7) is 3.18. The molecule has 1 unspecified atom stereocenters. The number of nitrogens with one attached hydrogen (secondary N) is 1. The van der Waals surface area contributed by atoms with Gasteiger partial charge in [-0.15, -0.1) is 0 Å². The predicted octanol–water partition coefficient (Wildman–Crippen LogP) is 0.460. The van der Waals surface area contributed by atoms with Crippen LogP contribution in [0.3, 0.4) is 0 Å². The second kappa shape index (κ2) is 5.79. The van der Waals surface area contributed by atoms with Crippen LogP contribution in [0.5, 0.6) is 0 Å². The number of hydrogen-bond acceptors (Lipinski definition) is 4. The zero-order valence-electron chi connectivity index (χ0n) is 10.1. The Balaban J connectivity index is 1.89. The number of hydrogen-bond donors (Lipinski definition) is 2. The van der Waals surface area contributed by atoms with E-state index in [9.17, 15) is 8.42 Å². The van der Waals surface area contributed by atoms with Crippen molar-refractivity contribution in [3.05, 3.63) is 29.8 Å². The van der Waals surface area contributed by atoms with Gasteiger partial charge in [-0.25, -0.2) is 13.6 Å². The second-order valence-corrected chi connectivity index (χ2v) is 6.11. The molecular formula is C12H18N2O3S. The van der Waals surface area contributed by atoms with Gasteiger partial charge in [0.1, 0.15) is 0 Å². The minimum Gasteiger partial charge on any atom is -0.381 e. The lowest BCUT2D eigenvalue weighted by Crippen LogP contribution is -2.22. The third-order valence-electron chi connectivity index (χ3n) is 3.01. The molecular weight excluding hydrogens is 252 g/mol. The normalized spacial score (nSPS) is 20.2. The first kappa shape index (κ1) is 13.5. The molecule has 0 radical (unpaired) electrons. The Morgan fingerprint density at radius 1 is 1.44 bits per heavy atom. The predicted molar refractivity (Wildman–Crippen MR) is 68.4 cm³/mol. The minimum atomic E-state index is -3.61. The lowest BCUT2D eigenvalue weighted by Gasteiger charge is -2.09. The summed E-state index contributed by atoms with van der Waals surface area (Å²) in [7, 11) is -3.61. The van der Waals surface area contributed by atoms with Crippen LogP contribution >= 0.6 is 0 Å². The SMILES string of the molecule is NS(=O)(=O)c1cccc(CNCC2CCOC2)c1. The van der Waals surface area contributed by atoms with Gasteiger partial charge in [0.25, 0.3) is 0 Å². The van der Waals surface area contributed by atoms with Crippen LogP contribution in [0, 0.1) is 5.92 Å². The average molecular weight is 270 g/mol. The quantitative estimate of drug-likeness (QED) is 0.814. The van der Waals surface area contributed by atoms with E-state index in [1.807, 2.05) is 6.07 Å². The van der Waals surface area contributed by atoms with Crippen LogP contribution in [0.2, 0.25) is 0 Å². The fourth-order valence-electron chi connectivity index (χ4n) is 2.00. The van der Waals surface area contributed by atoms with Crippen molar-refractivity contribution in [2.45, 2.75) is 17.9 Å². The fourth-order valence-corrected chi connectivity index (χ4v) is 2.58. The van der Waals surface area contributed by atoms with Gasteiger partial charge in [-0.2, -0.15) is 0 Å². The molecule has 1 aromatic rings. The van der Waals surface area contributed by atoms with Crippen molar-refractivity contribution in [1.82, 2.24) is 5.32 Å². The second-order valence-electron chi connectivity index (χ2n) is 4.55. The van der Waals surface area contributed by atoms with Gasteiger partial charge >= 0.3 is 0 Å². The Hall–Kier alpha value is -0.950. The standard InChI is InChI=1S/C12H18N2O3S/c13-18(15,16)12-3-1-2-10(6-12)7-14-8-11-4-5-17-9-11/h1-3,6,11,14H,4-5,7-9H2,(H2,13,15,16). The van der Waals surface area contributed by atoms with Crippen molar-refractivity contribution in [3.63, 3.8) is 0 Å². The first-order chi connectivity index (χ1) is 8.55. The Bertz CT molecular complexity index is 496. The molecule has 1 atom stereocenters. The molecule has 1 fully saturated rings. The maximum atomic E-state index is 11.2. The third kappa shape index (κ3) is 3.78.